The van der Waals surface area contributed by atoms with Crippen molar-refractivity contribution in [3.05, 3.63) is 29.3 Å². The predicted octanol–water partition coefficient (Wildman–Crippen LogP) is 1.98. The molecule has 0 bridgehead atoms. The molecule has 17 heavy (non-hydrogen) atoms. The van der Waals surface area contributed by atoms with Crippen LogP contribution in [-0.2, 0) is 4.57 Å². The lowest BCUT2D eigenvalue weighted by atomic mass is 10.1. The third-order valence-electron chi connectivity index (χ3n) is 3.13. The molecule has 0 saturated carbocycles. The summed E-state index contributed by atoms with van der Waals surface area (Å²) >= 11 is 0. The van der Waals surface area contributed by atoms with E-state index in [9.17, 15) is 4.57 Å². The minimum absolute atomic E-state index is 0.743. The Labute approximate surface area is 103 Å². The van der Waals surface area contributed by atoms with Gasteiger partial charge in [-0.1, -0.05) is 12.1 Å². The monoisotopic (exact) mass is 254 g/mol. The highest BCUT2D eigenvalue weighted by atomic mass is 31.1. The maximum Gasteiger partial charge on any atom is 0.307 e. The van der Waals surface area contributed by atoms with E-state index in [0.717, 1.165) is 43.1 Å². The molecule has 2 rings (SSSR count). The van der Waals surface area contributed by atoms with Crippen molar-refractivity contribution in [1.82, 2.24) is 9.99 Å². The Morgan fingerprint density at radius 3 is 2.71 bits per heavy atom. The van der Waals surface area contributed by atoms with Crippen molar-refractivity contribution < 1.29 is 9.09 Å². The summed E-state index contributed by atoms with van der Waals surface area (Å²) in [6.07, 6.45) is 0. The average molecular weight is 254 g/mol. The van der Waals surface area contributed by atoms with Gasteiger partial charge in [0.2, 0.25) is 0 Å². The Hall–Kier alpha value is -0.830. The fraction of sp³-hybridized carbons (Fsp3) is 0.500. The number of rotatable bonds is 3. The van der Waals surface area contributed by atoms with Gasteiger partial charge >= 0.3 is 8.18 Å². The smallest absolute Gasteiger partial charge is 0.307 e. The van der Waals surface area contributed by atoms with Crippen molar-refractivity contribution >= 4 is 8.18 Å². The van der Waals surface area contributed by atoms with E-state index in [1.807, 2.05) is 36.7 Å². The molecule has 1 fully saturated rings. The van der Waals surface area contributed by atoms with E-state index in [-0.39, 0.29) is 0 Å². The van der Waals surface area contributed by atoms with E-state index < -0.39 is 8.18 Å². The molecule has 0 aromatic heterocycles. The first-order valence-electron chi connectivity index (χ1n) is 5.92. The van der Waals surface area contributed by atoms with Crippen LogP contribution in [0.2, 0.25) is 0 Å². The summed E-state index contributed by atoms with van der Waals surface area (Å²) in [5.74, 6) is 0.743. The second-order valence-corrected chi connectivity index (χ2v) is 5.67. The first-order valence-corrected chi connectivity index (χ1v) is 7.18. The Bertz CT molecular complexity index is 417. The summed E-state index contributed by atoms with van der Waals surface area (Å²) in [4.78, 5) is 0. The molecule has 1 aromatic carbocycles. The summed E-state index contributed by atoms with van der Waals surface area (Å²) < 4.78 is 19.6. The summed E-state index contributed by atoms with van der Waals surface area (Å²) in [5, 5.41) is 3.23. The van der Waals surface area contributed by atoms with Crippen LogP contribution in [0, 0.1) is 13.8 Å². The van der Waals surface area contributed by atoms with Crippen LogP contribution >= 0.6 is 8.18 Å². The minimum Gasteiger partial charge on any atom is -0.434 e. The fourth-order valence-corrected chi connectivity index (χ4v) is 2.97. The van der Waals surface area contributed by atoms with Gasteiger partial charge in [-0.2, -0.15) is 0 Å². The lowest BCUT2D eigenvalue weighted by molar-refractivity contribution is 0.334. The number of aryl methyl sites for hydroxylation is 1. The predicted molar refractivity (Wildman–Crippen MR) is 70.0 cm³/mol. The van der Waals surface area contributed by atoms with Crippen molar-refractivity contribution in [3.8, 4) is 5.75 Å². The van der Waals surface area contributed by atoms with Crippen LogP contribution in [0.1, 0.15) is 11.1 Å². The van der Waals surface area contributed by atoms with E-state index in [1.54, 1.807) is 0 Å². The van der Waals surface area contributed by atoms with Crippen molar-refractivity contribution in [2.45, 2.75) is 13.8 Å². The second kappa shape index (κ2) is 5.67. The molecule has 0 spiro atoms. The highest BCUT2D eigenvalue weighted by Gasteiger charge is 2.17. The molecule has 0 amide bonds. The summed E-state index contributed by atoms with van der Waals surface area (Å²) in [7, 11) is -2.14. The molecule has 94 valence electrons. The number of piperazine rings is 1. The normalized spacial score (nSPS) is 18.9. The molecule has 5 heteroatoms. The maximum atomic E-state index is 12.1. The van der Waals surface area contributed by atoms with Gasteiger partial charge in [-0.15, -0.1) is 0 Å². The van der Waals surface area contributed by atoms with Crippen molar-refractivity contribution in [2.75, 3.05) is 26.2 Å². The van der Waals surface area contributed by atoms with E-state index in [2.05, 4.69) is 5.32 Å². The summed E-state index contributed by atoms with van der Waals surface area (Å²) in [6, 6.07) is 5.85. The Balaban J connectivity index is 2.04. The van der Waals surface area contributed by atoms with Gasteiger partial charge in [0.25, 0.3) is 0 Å². The summed E-state index contributed by atoms with van der Waals surface area (Å²) in [5.41, 5.74) is 2.23. The van der Waals surface area contributed by atoms with Crippen LogP contribution in [0.25, 0.3) is 0 Å². The van der Waals surface area contributed by atoms with E-state index in [4.69, 9.17) is 4.52 Å². The molecule has 1 atom stereocenters. The van der Waals surface area contributed by atoms with Crippen LogP contribution in [0.15, 0.2) is 18.2 Å². The molecule has 0 aliphatic carbocycles. The minimum atomic E-state index is -2.14. The maximum absolute atomic E-state index is 12.1. The van der Waals surface area contributed by atoms with Crippen LogP contribution in [0.3, 0.4) is 0 Å². The van der Waals surface area contributed by atoms with Gasteiger partial charge < -0.3 is 9.84 Å². The first kappa shape index (κ1) is 12.6. The molecule has 1 aliphatic rings. The van der Waals surface area contributed by atoms with Crippen LogP contribution in [0.5, 0.6) is 5.75 Å². The van der Waals surface area contributed by atoms with E-state index in [1.165, 1.54) is 0 Å². The summed E-state index contributed by atoms with van der Waals surface area (Å²) in [6.45, 7) is 7.38. The van der Waals surface area contributed by atoms with Gasteiger partial charge in [0, 0.05) is 26.2 Å². The van der Waals surface area contributed by atoms with Gasteiger partial charge in [0.15, 0.2) is 0 Å². The number of hydrogen-bond donors (Lipinski definition) is 1. The van der Waals surface area contributed by atoms with Crippen LogP contribution < -0.4 is 9.84 Å². The van der Waals surface area contributed by atoms with Gasteiger partial charge in [0.05, 0.1) is 0 Å². The topological polar surface area (TPSA) is 41.6 Å². The molecule has 1 saturated heterocycles. The van der Waals surface area contributed by atoms with Gasteiger partial charge in [-0.3, -0.25) is 4.57 Å². The Morgan fingerprint density at radius 1 is 1.29 bits per heavy atom. The number of nitrogens with zero attached hydrogens (tertiary/aromatic N) is 1. The lowest BCUT2D eigenvalue weighted by Gasteiger charge is -2.26. The van der Waals surface area contributed by atoms with Crippen molar-refractivity contribution in [2.24, 2.45) is 0 Å². The van der Waals surface area contributed by atoms with Crippen molar-refractivity contribution in [1.29, 1.82) is 0 Å². The number of nitrogens with one attached hydrogen (secondary N) is 1. The molecule has 1 aliphatic heterocycles. The highest BCUT2D eigenvalue weighted by molar-refractivity contribution is 7.36. The fourth-order valence-electron chi connectivity index (χ4n) is 1.84. The highest BCUT2D eigenvalue weighted by Crippen LogP contribution is 2.33. The molecule has 1 unspecified atom stereocenters. The van der Waals surface area contributed by atoms with Gasteiger partial charge in [0.1, 0.15) is 5.75 Å². The van der Waals surface area contributed by atoms with E-state index >= 15 is 0 Å². The molecular weight excluding hydrogens is 235 g/mol. The molecule has 0 radical (unpaired) electrons. The van der Waals surface area contributed by atoms with Gasteiger partial charge in [-0.05, 0) is 31.0 Å². The third kappa shape index (κ3) is 3.09. The second-order valence-electron chi connectivity index (χ2n) is 4.30. The molecule has 1 aromatic rings. The molecular formula is C12H19N2O2P. The average Bonchev–Trinajstić information content (AvgIpc) is 2.36. The van der Waals surface area contributed by atoms with Crippen molar-refractivity contribution in [3.63, 3.8) is 0 Å². The number of hydrogen-bond acceptors (Lipinski definition) is 3. The Morgan fingerprint density at radius 2 is 2.00 bits per heavy atom. The third-order valence-corrected chi connectivity index (χ3v) is 4.49. The number of benzene rings is 1. The largest absolute Gasteiger partial charge is 0.434 e. The molecule has 1 heterocycles. The zero-order valence-corrected chi connectivity index (χ0v) is 11.3. The first-order chi connectivity index (χ1) is 8.18. The zero-order valence-electron chi connectivity index (χ0n) is 10.3. The standard InChI is InChI=1S/C12H19N2O2P/c1-10-4-3-5-12(11(10)2)16-17(15)14-8-6-13-7-9-14/h3-5,13,17H,6-9H2,1-2H3. The Kier molecular flexibility index (Phi) is 4.21. The molecule has 1 N–H and O–H groups in total. The molecule has 4 nitrogen and oxygen atoms in total. The lowest BCUT2D eigenvalue weighted by Crippen LogP contribution is -2.40. The van der Waals surface area contributed by atoms with Crippen LogP contribution in [-0.4, -0.2) is 30.8 Å². The SMILES string of the molecule is Cc1cccc(O[PH](=O)N2CCNCC2)c1C. The van der Waals surface area contributed by atoms with Gasteiger partial charge in [-0.25, -0.2) is 4.67 Å². The zero-order chi connectivity index (χ0) is 12.3. The van der Waals surface area contributed by atoms with E-state index in [0.29, 0.717) is 0 Å². The quantitative estimate of drug-likeness (QED) is 0.837. The van der Waals surface area contributed by atoms with Crippen LogP contribution in [0.4, 0.5) is 0 Å².